The van der Waals surface area contributed by atoms with Crippen molar-refractivity contribution in [3.8, 4) is 0 Å². The van der Waals surface area contributed by atoms with E-state index in [9.17, 15) is 5.11 Å². The molecule has 10 heavy (non-hydrogen) atoms. The lowest BCUT2D eigenvalue weighted by atomic mass is 9.91. The van der Waals surface area contributed by atoms with Gasteiger partial charge in [0.15, 0.2) is 0 Å². The zero-order chi connectivity index (χ0) is 6.85. The Balaban J connectivity index is 0.000000810. The molecule has 1 fully saturated rings. The second kappa shape index (κ2) is 4.16. The van der Waals surface area contributed by atoms with E-state index in [4.69, 9.17) is 0 Å². The Kier molecular flexibility index (Phi) is 4.25. The lowest BCUT2D eigenvalue weighted by Gasteiger charge is -2.31. The van der Waals surface area contributed by atoms with Gasteiger partial charge in [-0.15, -0.1) is 12.4 Å². The summed E-state index contributed by atoms with van der Waals surface area (Å²) in [6.07, 6.45) is 0.826. The van der Waals surface area contributed by atoms with Gasteiger partial charge in [-0.25, -0.2) is 0 Å². The van der Waals surface area contributed by atoms with Crippen molar-refractivity contribution in [1.82, 2.24) is 5.32 Å². The molecule has 62 valence electrons. The van der Waals surface area contributed by atoms with E-state index in [-0.39, 0.29) is 18.5 Å². The van der Waals surface area contributed by atoms with Gasteiger partial charge in [0.25, 0.3) is 0 Å². The number of halogens is 1. The van der Waals surface area contributed by atoms with Crippen molar-refractivity contribution in [2.45, 2.75) is 32.4 Å². The Morgan fingerprint density at radius 2 is 2.00 bits per heavy atom. The van der Waals surface area contributed by atoms with Crippen LogP contribution in [0.15, 0.2) is 0 Å². The Hall–Kier alpha value is 0.210. The molecule has 0 aromatic heterocycles. The molecule has 0 bridgehead atoms. The van der Waals surface area contributed by atoms with E-state index < -0.39 is 0 Å². The van der Waals surface area contributed by atoms with Gasteiger partial charge in [-0.2, -0.15) is 0 Å². The topological polar surface area (TPSA) is 32.3 Å². The number of aliphatic hydroxyl groups excluding tert-OH is 1. The first-order chi connectivity index (χ1) is 4.22. The molecule has 0 amide bonds. The summed E-state index contributed by atoms with van der Waals surface area (Å²) < 4.78 is 0. The lowest BCUT2D eigenvalue weighted by Crippen LogP contribution is -2.45. The van der Waals surface area contributed by atoms with Gasteiger partial charge < -0.3 is 10.4 Å². The minimum atomic E-state index is -0.0822. The maximum Gasteiger partial charge on any atom is 0.0592 e. The van der Waals surface area contributed by atoms with Gasteiger partial charge in [0.1, 0.15) is 0 Å². The molecule has 0 aliphatic carbocycles. The average molecular weight is 166 g/mol. The molecular weight excluding hydrogens is 150 g/mol. The third-order valence-corrected chi connectivity index (χ3v) is 2.30. The highest BCUT2D eigenvalue weighted by molar-refractivity contribution is 5.85. The summed E-state index contributed by atoms with van der Waals surface area (Å²) in [6.45, 7) is 5.17. The molecule has 0 radical (unpaired) electrons. The van der Waals surface area contributed by atoms with Crippen LogP contribution < -0.4 is 5.32 Å². The van der Waals surface area contributed by atoms with E-state index in [0.717, 1.165) is 13.0 Å². The van der Waals surface area contributed by atoms with Crippen molar-refractivity contribution >= 4 is 12.4 Å². The quantitative estimate of drug-likeness (QED) is 0.556. The van der Waals surface area contributed by atoms with Crippen LogP contribution in [0.2, 0.25) is 0 Å². The molecule has 1 saturated heterocycles. The van der Waals surface area contributed by atoms with Crippen LogP contribution in [0.3, 0.4) is 0 Å². The molecule has 3 heteroatoms. The van der Waals surface area contributed by atoms with Crippen LogP contribution >= 0.6 is 12.4 Å². The van der Waals surface area contributed by atoms with Gasteiger partial charge >= 0.3 is 0 Å². The van der Waals surface area contributed by atoms with Gasteiger partial charge in [-0.1, -0.05) is 6.92 Å². The van der Waals surface area contributed by atoms with Gasteiger partial charge in [0.2, 0.25) is 0 Å². The van der Waals surface area contributed by atoms with Crippen molar-refractivity contribution in [2.24, 2.45) is 5.92 Å². The summed E-state index contributed by atoms with van der Waals surface area (Å²) in [5, 5.41) is 12.6. The first-order valence-electron chi connectivity index (χ1n) is 3.63. The zero-order valence-electron chi connectivity index (χ0n) is 6.50. The number of nitrogens with one attached hydrogen (secondary N) is 1. The predicted octanol–water partition coefficient (Wildman–Crippen LogP) is 0.787. The van der Waals surface area contributed by atoms with Gasteiger partial charge in [0, 0.05) is 6.04 Å². The SMILES string of the molecule is CC1NCCC(O)C1C.Cl. The maximum absolute atomic E-state index is 9.31. The van der Waals surface area contributed by atoms with E-state index in [1.165, 1.54) is 0 Å². The highest BCUT2D eigenvalue weighted by atomic mass is 35.5. The van der Waals surface area contributed by atoms with Crippen molar-refractivity contribution in [1.29, 1.82) is 0 Å². The molecule has 0 spiro atoms. The summed E-state index contributed by atoms with van der Waals surface area (Å²) in [4.78, 5) is 0. The Morgan fingerprint density at radius 3 is 2.40 bits per heavy atom. The molecule has 2 N–H and O–H groups in total. The molecule has 0 aromatic carbocycles. The molecule has 0 aromatic rings. The molecule has 3 atom stereocenters. The second-order valence-electron chi connectivity index (χ2n) is 2.96. The standard InChI is InChI=1S/C7H15NO.ClH/c1-5-6(2)8-4-3-7(5)9;/h5-9H,3-4H2,1-2H3;1H. The zero-order valence-corrected chi connectivity index (χ0v) is 7.32. The molecule has 1 rings (SSSR count). The molecular formula is C7H16ClNO. The van der Waals surface area contributed by atoms with E-state index in [1.807, 2.05) is 0 Å². The van der Waals surface area contributed by atoms with Gasteiger partial charge in [-0.3, -0.25) is 0 Å². The minimum Gasteiger partial charge on any atom is -0.393 e. The largest absolute Gasteiger partial charge is 0.393 e. The Morgan fingerprint density at radius 1 is 1.40 bits per heavy atom. The van der Waals surface area contributed by atoms with E-state index in [2.05, 4.69) is 19.2 Å². The van der Waals surface area contributed by atoms with Crippen LogP contribution in [0, 0.1) is 5.92 Å². The summed E-state index contributed by atoms with van der Waals surface area (Å²) >= 11 is 0. The predicted molar refractivity (Wildman–Crippen MR) is 44.5 cm³/mol. The number of piperidine rings is 1. The fourth-order valence-corrected chi connectivity index (χ4v) is 1.24. The second-order valence-corrected chi connectivity index (χ2v) is 2.96. The third kappa shape index (κ3) is 2.11. The highest BCUT2D eigenvalue weighted by Gasteiger charge is 2.23. The lowest BCUT2D eigenvalue weighted by molar-refractivity contribution is 0.0661. The maximum atomic E-state index is 9.31. The summed E-state index contributed by atoms with van der Waals surface area (Å²) in [5.74, 6) is 0.416. The van der Waals surface area contributed by atoms with Crippen LogP contribution in [0.25, 0.3) is 0 Å². The van der Waals surface area contributed by atoms with Crippen LogP contribution in [0.1, 0.15) is 20.3 Å². The fourth-order valence-electron chi connectivity index (χ4n) is 1.24. The van der Waals surface area contributed by atoms with Crippen LogP contribution in [-0.4, -0.2) is 23.8 Å². The average Bonchev–Trinajstić information content (AvgIpc) is 1.83. The summed E-state index contributed by atoms with van der Waals surface area (Å²) in [6, 6.07) is 0.480. The summed E-state index contributed by atoms with van der Waals surface area (Å²) in [7, 11) is 0. The minimum absolute atomic E-state index is 0. The van der Waals surface area contributed by atoms with E-state index >= 15 is 0 Å². The van der Waals surface area contributed by atoms with E-state index in [1.54, 1.807) is 0 Å². The normalized spacial score (nSPS) is 40.5. The Labute approximate surface area is 68.4 Å². The monoisotopic (exact) mass is 165 g/mol. The van der Waals surface area contributed by atoms with Gasteiger partial charge in [0.05, 0.1) is 6.10 Å². The van der Waals surface area contributed by atoms with Crippen molar-refractivity contribution in [2.75, 3.05) is 6.54 Å². The number of rotatable bonds is 0. The highest BCUT2D eigenvalue weighted by Crippen LogP contribution is 2.15. The summed E-state index contributed by atoms with van der Waals surface area (Å²) in [5.41, 5.74) is 0. The number of aliphatic hydroxyl groups is 1. The van der Waals surface area contributed by atoms with Crippen LogP contribution in [0.4, 0.5) is 0 Å². The van der Waals surface area contributed by atoms with Crippen molar-refractivity contribution < 1.29 is 5.11 Å². The van der Waals surface area contributed by atoms with E-state index in [0.29, 0.717) is 12.0 Å². The molecule has 1 aliphatic rings. The third-order valence-electron chi connectivity index (χ3n) is 2.30. The first-order valence-corrected chi connectivity index (χ1v) is 3.63. The molecule has 2 nitrogen and oxygen atoms in total. The van der Waals surface area contributed by atoms with Crippen LogP contribution in [0.5, 0.6) is 0 Å². The molecule has 1 heterocycles. The molecule has 0 saturated carbocycles. The molecule has 3 unspecified atom stereocenters. The molecule has 1 aliphatic heterocycles. The van der Waals surface area contributed by atoms with Crippen LogP contribution in [-0.2, 0) is 0 Å². The van der Waals surface area contributed by atoms with Gasteiger partial charge in [-0.05, 0) is 25.8 Å². The number of hydrogen-bond acceptors (Lipinski definition) is 2. The Bertz CT molecular complexity index is 89.6. The fraction of sp³-hybridized carbons (Fsp3) is 1.00. The number of hydrogen-bond donors (Lipinski definition) is 2. The first kappa shape index (κ1) is 10.2. The van der Waals surface area contributed by atoms with Crippen molar-refractivity contribution in [3.63, 3.8) is 0 Å². The van der Waals surface area contributed by atoms with Crippen molar-refractivity contribution in [3.05, 3.63) is 0 Å². The smallest absolute Gasteiger partial charge is 0.0592 e.